The summed E-state index contributed by atoms with van der Waals surface area (Å²) in [6.45, 7) is 3.66. The summed E-state index contributed by atoms with van der Waals surface area (Å²) in [7, 11) is 0. The molecule has 1 fully saturated rings. The smallest absolute Gasteiger partial charge is 0.166 e. The van der Waals surface area contributed by atoms with E-state index in [0.717, 1.165) is 19.6 Å². The number of ether oxygens (including phenoxy) is 1. The summed E-state index contributed by atoms with van der Waals surface area (Å²) in [6, 6.07) is 3.74. The van der Waals surface area contributed by atoms with Crippen molar-refractivity contribution in [1.29, 1.82) is 5.26 Å². The van der Waals surface area contributed by atoms with E-state index in [1.165, 1.54) is 6.20 Å². The monoisotopic (exact) mass is 218 g/mol. The zero-order chi connectivity index (χ0) is 11.4. The van der Waals surface area contributed by atoms with Gasteiger partial charge in [0.2, 0.25) is 0 Å². The van der Waals surface area contributed by atoms with Gasteiger partial charge in [-0.2, -0.15) is 10.4 Å². The van der Waals surface area contributed by atoms with Crippen LogP contribution in [0.3, 0.4) is 0 Å². The fourth-order valence-electron chi connectivity index (χ4n) is 1.82. The molecule has 1 N–H and O–H groups in total. The molecule has 1 aromatic heterocycles. The van der Waals surface area contributed by atoms with Crippen LogP contribution in [0, 0.1) is 17.2 Å². The molecule has 0 radical (unpaired) electrons. The molecular formula is C11H14N4O. The molecule has 2 heterocycles. The number of aromatic nitrogens is 2. The fraction of sp³-hybridized carbons (Fsp3) is 0.545. The van der Waals surface area contributed by atoms with Gasteiger partial charge in [0.25, 0.3) is 0 Å². The van der Waals surface area contributed by atoms with Crippen molar-refractivity contribution >= 4 is 5.82 Å². The molecule has 1 saturated heterocycles. The maximum absolute atomic E-state index is 8.88. The van der Waals surface area contributed by atoms with Gasteiger partial charge in [-0.1, -0.05) is 0 Å². The Labute approximate surface area is 94.4 Å². The van der Waals surface area contributed by atoms with Gasteiger partial charge >= 0.3 is 0 Å². The molecule has 0 aliphatic carbocycles. The normalized spacial score (nSPS) is 24.0. The molecule has 5 heteroatoms. The van der Waals surface area contributed by atoms with Gasteiger partial charge in [-0.05, 0) is 19.4 Å². The lowest BCUT2D eigenvalue weighted by Crippen LogP contribution is -2.21. The molecule has 16 heavy (non-hydrogen) atoms. The van der Waals surface area contributed by atoms with Gasteiger partial charge in [-0.15, -0.1) is 5.10 Å². The highest BCUT2D eigenvalue weighted by Gasteiger charge is 2.24. The molecule has 0 aromatic carbocycles. The van der Waals surface area contributed by atoms with Crippen LogP contribution in [0.4, 0.5) is 5.82 Å². The number of anilines is 1. The summed E-state index contributed by atoms with van der Waals surface area (Å²) in [5.74, 6) is 1.04. The van der Waals surface area contributed by atoms with Crippen molar-refractivity contribution < 1.29 is 4.74 Å². The number of nitrogens with zero attached hydrogens (tertiary/aromatic N) is 3. The van der Waals surface area contributed by atoms with Gasteiger partial charge in [0, 0.05) is 19.1 Å². The van der Waals surface area contributed by atoms with Crippen molar-refractivity contribution in [3.05, 3.63) is 17.8 Å². The third kappa shape index (κ3) is 2.28. The number of nitriles is 1. The SMILES string of the molecule is CC1OCCC1CNc1nnccc1C#N. The maximum Gasteiger partial charge on any atom is 0.166 e. The van der Waals surface area contributed by atoms with E-state index >= 15 is 0 Å². The molecule has 0 saturated carbocycles. The van der Waals surface area contributed by atoms with Crippen LogP contribution in [0.15, 0.2) is 12.3 Å². The average molecular weight is 218 g/mol. The van der Waals surface area contributed by atoms with E-state index in [4.69, 9.17) is 10.00 Å². The molecule has 84 valence electrons. The Kier molecular flexibility index (Phi) is 3.32. The Morgan fingerprint density at radius 3 is 3.25 bits per heavy atom. The number of hydrogen-bond acceptors (Lipinski definition) is 5. The van der Waals surface area contributed by atoms with Crippen molar-refractivity contribution in [2.24, 2.45) is 5.92 Å². The van der Waals surface area contributed by atoms with Crippen LogP contribution in [0.2, 0.25) is 0 Å². The summed E-state index contributed by atoms with van der Waals surface area (Å²) < 4.78 is 5.47. The number of hydrogen-bond donors (Lipinski definition) is 1. The third-order valence-corrected chi connectivity index (χ3v) is 2.91. The first kappa shape index (κ1) is 10.8. The van der Waals surface area contributed by atoms with E-state index in [9.17, 15) is 0 Å². The minimum Gasteiger partial charge on any atom is -0.378 e. The van der Waals surface area contributed by atoms with Crippen molar-refractivity contribution in [1.82, 2.24) is 10.2 Å². The molecule has 2 atom stereocenters. The fourth-order valence-corrected chi connectivity index (χ4v) is 1.82. The molecule has 0 spiro atoms. The van der Waals surface area contributed by atoms with E-state index in [-0.39, 0.29) is 6.10 Å². The lowest BCUT2D eigenvalue weighted by molar-refractivity contribution is 0.108. The predicted molar refractivity (Wildman–Crippen MR) is 58.8 cm³/mol. The van der Waals surface area contributed by atoms with Crippen molar-refractivity contribution in [3.63, 3.8) is 0 Å². The van der Waals surface area contributed by atoms with E-state index in [1.54, 1.807) is 6.07 Å². The van der Waals surface area contributed by atoms with Gasteiger partial charge in [0.15, 0.2) is 5.82 Å². The molecule has 1 aliphatic rings. The largest absolute Gasteiger partial charge is 0.378 e. The lowest BCUT2D eigenvalue weighted by Gasteiger charge is -2.15. The molecule has 0 bridgehead atoms. The molecule has 1 aliphatic heterocycles. The third-order valence-electron chi connectivity index (χ3n) is 2.91. The second-order valence-corrected chi connectivity index (χ2v) is 3.91. The van der Waals surface area contributed by atoms with E-state index in [2.05, 4.69) is 28.5 Å². The van der Waals surface area contributed by atoms with Crippen LogP contribution >= 0.6 is 0 Å². The topological polar surface area (TPSA) is 70.8 Å². The van der Waals surface area contributed by atoms with Crippen molar-refractivity contribution in [2.45, 2.75) is 19.4 Å². The van der Waals surface area contributed by atoms with E-state index < -0.39 is 0 Å². The van der Waals surface area contributed by atoms with Gasteiger partial charge < -0.3 is 10.1 Å². The molecule has 0 amide bonds. The minimum atomic E-state index is 0.273. The number of rotatable bonds is 3. The standard InChI is InChI=1S/C11H14N4O/c1-8-10(3-5-16-8)7-13-11-9(6-12)2-4-14-15-11/h2,4,8,10H,3,5,7H2,1H3,(H,13,15). The second kappa shape index (κ2) is 4.90. The van der Waals surface area contributed by atoms with Crippen LogP contribution in [0.25, 0.3) is 0 Å². The summed E-state index contributed by atoms with van der Waals surface area (Å²) >= 11 is 0. The second-order valence-electron chi connectivity index (χ2n) is 3.91. The van der Waals surface area contributed by atoms with Crippen LogP contribution < -0.4 is 5.32 Å². The zero-order valence-corrected chi connectivity index (χ0v) is 9.18. The van der Waals surface area contributed by atoms with Crippen LogP contribution in [-0.4, -0.2) is 29.5 Å². The summed E-state index contributed by atoms with van der Waals surface area (Å²) in [5.41, 5.74) is 0.529. The Morgan fingerprint density at radius 2 is 2.56 bits per heavy atom. The Morgan fingerprint density at radius 1 is 1.69 bits per heavy atom. The lowest BCUT2D eigenvalue weighted by atomic mass is 10.0. The highest BCUT2D eigenvalue weighted by Crippen LogP contribution is 2.21. The van der Waals surface area contributed by atoms with Crippen molar-refractivity contribution in [3.8, 4) is 6.07 Å². The predicted octanol–water partition coefficient (Wildman–Crippen LogP) is 1.19. The molecule has 1 aromatic rings. The van der Waals surface area contributed by atoms with Gasteiger partial charge in [0.05, 0.1) is 17.9 Å². The first-order valence-electron chi connectivity index (χ1n) is 5.38. The molecule has 5 nitrogen and oxygen atoms in total. The van der Waals surface area contributed by atoms with E-state index in [0.29, 0.717) is 17.3 Å². The van der Waals surface area contributed by atoms with E-state index in [1.807, 2.05) is 0 Å². The maximum atomic E-state index is 8.88. The Bertz CT molecular complexity index is 401. The number of nitrogens with one attached hydrogen (secondary N) is 1. The first-order chi connectivity index (χ1) is 7.81. The van der Waals surface area contributed by atoms with Crippen LogP contribution in [0.5, 0.6) is 0 Å². The highest BCUT2D eigenvalue weighted by atomic mass is 16.5. The van der Waals surface area contributed by atoms with Gasteiger partial charge in [-0.25, -0.2) is 0 Å². The van der Waals surface area contributed by atoms with Gasteiger partial charge in [-0.3, -0.25) is 0 Å². The first-order valence-corrected chi connectivity index (χ1v) is 5.38. The Balaban J connectivity index is 1.97. The molecule has 2 rings (SSSR count). The van der Waals surface area contributed by atoms with Gasteiger partial charge in [0.1, 0.15) is 6.07 Å². The summed E-state index contributed by atoms with van der Waals surface area (Å²) in [4.78, 5) is 0. The van der Waals surface area contributed by atoms with Crippen LogP contribution in [-0.2, 0) is 4.74 Å². The van der Waals surface area contributed by atoms with Crippen molar-refractivity contribution in [2.75, 3.05) is 18.5 Å². The average Bonchev–Trinajstić information content (AvgIpc) is 2.72. The zero-order valence-electron chi connectivity index (χ0n) is 9.18. The summed E-state index contributed by atoms with van der Waals surface area (Å²) in [5, 5.41) is 19.7. The Hall–Kier alpha value is -1.67. The quantitative estimate of drug-likeness (QED) is 0.825. The molecular weight excluding hydrogens is 204 g/mol. The highest BCUT2D eigenvalue weighted by molar-refractivity contribution is 5.50. The minimum absolute atomic E-state index is 0.273. The molecule has 2 unspecified atom stereocenters. The van der Waals surface area contributed by atoms with Crippen LogP contribution in [0.1, 0.15) is 18.9 Å². The summed E-state index contributed by atoms with van der Waals surface area (Å²) in [6.07, 6.45) is 2.84.